The van der Waals surface area contributed by atoms with Crippen LogP contribution in [0, 0.1) is 5.92 Å². The van der Waals surface area contributed by atoms with E-state index in [1.165, 1.54) is 6.92 Å². The van der Waals surface area contributed by atoms with Gasteiger partial charge < -0.3 is 49.8 Å². The summed E-state index contributed by atoms with van der Waals surface area (Å²) in [6, 6.07) is 6.99. The van der Waals surface area contributed by atoms with E-state index in [0.29, 0.717) is 0 Å². The lowest BCUT2D eigenvalue weighted by Gasteiger charge is -2.30. The highest BCUT2D eigenvalue weighted by Gasteiger charge is 2.55. The topological polar surface area (TPSA) is 263 Å². The minimum atomic E-state index is -1.84. The van der Waals surface area contributed by atoms with Crippen LogP contribution in [-0.4, -0.2) is 112 Å². The fourth-order valence-corrected chi connectivity index (χ4v) is 5.45. The van der Waals surface area contributed by atoms with Gasteiger partial charge in [-0.15, -0.1) is 0 Å². The zero-order chi connectivity index (χ0) is 39.2. The molecule has 19 heteroatoms. The number of aliphatic hydroxyl groups excluding tert-OH is 2. The van der Waals surface area contributed by atoms with Crippen molar-refractivity contribution in [3.8, 4) is 0 Å². The number of carbonyl (C=O) groups excluding carboxylic acids is 5. The van der Waals surface area contributed by atoms with Crippen molar-refractivity contribution in [3.63, 3.8) is 0 Å². The number of nitrogens with zero attached hydrogens (tertiary/aromatic N) is 1. The van der Waals surface area contributed by atoms with Crippen LogP contribution in [0.5, 0.6) is 0 Å². The van der Waals surface area contributed by atoms with Crippen molar-refractivity contribution in [2.24, 2.45) is 5.92 Å². The number of aromatic nitrogens is 2. The summed E-state index contributed by atoms with van der Waals surface area (Å²) in [5.41, 5.74) is -0.962. The zero-order valence-corrected chi connectivity index (χ0v) is 30.0. The number of hydrogen-bond acceptors (Lipinski definition) is 15. The highest BCUT2D eigenvalue weighted by atomic mass is 16.6. The second kappa shape index (κ2) is 20.2. The van der Waals surface area contributed by atoms with Crippen LogP contribution in [-0.2, 0) is 49.5 Å². The Hall–Kier alpha value is -5.11. The molecule has 1 aliphatic heterocycles. The lowest BCUT2D eigenvalue weighted by Crippen LogP contribution is -2.56. The van der Waals surface area contributed by atoms with Crippen LogP contribution in [0.2, 0.25) is 0 Å². The van der Waals surface area contributed by atoms with Gasteiger partial charge in [0, 0.05) is 32.7 Å². The van der Waals surface area contributed by atoms with Crippen molar-refractivity contribution in [1.29, 1.82) is 0 Å². The molecule has 1 aromatic carbocycles. The largest absolute Gasteiger partial charge is 0.465 e. The van der Waals surface area contributed by atoms with Crippen molar-refractivity contribution < 1.29 is 57.9 Å². The second-order valence-corrected chi connectivity index (χ2v) is 12.4. The number of aliphatic hydroxyl groups is 2. The van der Waals surface area contributed by atoms with E-state index < -0.39 is 95.9 Å². The van der Waals surface area contributed by atoms with Gasteiger partial charge in [-0.05, 0) is 31.4 Å². The summed E-state index contributed by atoms with van der Waals surface area (Å²) in [5.74, 6) is -3.75. The molecule has 6 N–H and O–H groups in total. The fourth-order valence-electron chi connectivity index (χ4n) is 5.45. The standard InChI is InChI=1S/C34H47N5O14/c1-6-49-32(46)24(26(44)27-28(51-19(4)40)29(52-20(5)41)31(53-27)39-16-13-22(42)37-33(39)47)35-14-10-15-36-30(45)23(25(43)18(2)3)38-34(48)50-17-21-11-8-7-9-12-21/h7-9,11-13,16,18,23-29,31,35,43-44H,6,10,14-15,17H2,1-5H3,(H,36,45)(H,38,48)(H,37,42,47)/t23-,24?,25-,26?,27+,28+,29+,31+/m0/s1. The van der Waals surface area contributed by atoms with Crippen molar-refractivity contribution in [1.82, 2.24) is 25.5 Å². The van der Waals surface area contributed by atoms with Crippen LogP contribution in [0.3, 0.4) is 0 Å². The molecule has 0 spiro atoms. The molecule has 1 fully saturated rings. The molecule has 0 radical (unpaired) electrons. The van der Waals surface area contributed by atoms with Crippen molar-refractivity contribution in [2.75, 3.05) is 19.7 Å². The Bertz CT molecular complexity index is 1660. The van der Waals surface area contributed by atoms with Crippen molar-refractivity contribution in [3.05, 3.63) is 69.0 Å². The quantitative estimate of drug-likeness (QED) is 0.0607. The molecule has 0 saturated carbocycles. The van der Waals surface area contributed by atoms with Gasteiger partial charge in [-0.2, -0.15) is 0 Å². The third kappa shape index (κ3) is 12.2. The third-order valence-electron chi connectivity index (χ3n) is 7.98. The zero-order valence-electron chi connectivity index (χ0n) is 30.0. The monoisotopic (exact) mass is 749 g/mol. The lowest BCUT2D eigenvalue weighted by molar-refractivity contribution is -0.168. The Morgan fingerprint density at radius 3 is 2.19 bits per heavy atom. The summed E-state index contributed by atoms with van der Waals surface area (Å²) in [6.45, 7) is 6.82. The average Bonchev–Trinajstić information content (AvgIpc) is 3.43. The Labute approximate surface area is 304 Å². The molecule has 2 amide bonds. The van der Waals surface area contributed by atoms with Crippen molar-refractivity contribution >= 4 is 29.9 Å². The Balaban J connectivity index is 1.71. The molecule has 1 saturated heterocycles. The van der Waals surface area contributed by atoms with E-state index in [-0.39, 0.29) is 32.7 Å². The molecule has 0 aliphatic carbocycles. The number of alkyl carbamates (subject to hydrolysis) is 1. The van der Waals surface area contributed by atoms with Crippen LogP contribution >= 0.6 is 0 Å². The number of esters is 3. The smallest absolute Gasteiger partial charge is 0.408 e. The molecule has 19 nitrogen and oxygen atoms in total. The van der Waals surface area contributed by atoms with Gasteiger partial charge in [-0.25, -0.2) is 9.59 Å². The number of aromatic amines is 1. The molecule has 1 aromatic heterocycles. The van der Waals surface area contributed by atoms with Crippen LogP contribution in [0.25, 0.3) is 0 Å². The highest BCUT2D eigenvalue weighted by Crippen LogP contribution is 2.35. The predicted octanol–water partition coefficient (Wildman–Crippen LogP) is -1.00. The number of rotatable bonds is 18. The van der Waals surface area contributed by atoms with Gasteiger partial charge in [0.1, 0.15) is 30.9 Å². The maximum Gasteiger partial charge on any atom is 0.408 e. The number of carbonyl (C=O) groups is 5. The van der Waals surface area contributed by atoms with Crippen LogP contribution in [0.15, 0.2) is 52.2 Å². The molecule has 2 aromatic rings. The fraction of sp³-hybridized carbons (Fsp3) is 0.559. The lowest BCUT2D eigenvalue weighted by atomic mass is 9.98. The third-order valence-corrected chi connectivity index (χ3v) is 7.98. The van der Waals surface area contributed by atoms with Gasteiger partial charge in [0.15, 0.2) is 18.4 Å². The van der Waals surface area contributed by atoms with E-state index in [0.717, 1.165) is 36.2 Å². The van der Waals surface area contributed by atoms with Gasteiger partial charge in [0.2, 0.25) is 5.91 Å². The van der Waals surface area contributed by atoms with Gasteiger partial charge in [-0.3, -0.25) is 33.5 Å². The number of H-pyrrole nitrogens is 1. The number of benzene rings is 1. The minimum absolute atomic E-state index is 0.0126. The summed E-state index contributed by atoms with van der Waals surface area (Å²) in [6.07, 6.45) is -8.93. The molecule has 3 rings (SSSR count). The maximum absolute atomic E-state index is 13.1. The highest BCUT2D eigenvalue weighted by molar-refractivity contribution is 5.86. The second-order valence-electron chi connectivity index (χ2n) is 12.4. The first-order valence-corrected chi connectivity index (χ1v) is 17.0. The summed E-state index contributed by atoms with van der Waals surface area (Å²) in [5, 5.41) is 30.1. The number of ether oxygens (including phenoxy) is 5. The van der Waals surface area contributed by atoms with Gasteiger partial charge in [0.05, 0.1) is 12.7 Å². The van der Waals surface area contributed by atoms with E-state index in [9.17, 15) is 43.8 Å². The van der Waals surface area contributed by atoms with Crippen LogP contribution in [0.4, 0.5) is 4.79 Å². The van der Waals surface area contributed by atoms with E-state index in [2.05, 4.69) is 16.0 Å². The van der Waals surface area contributed by atoms with E-state index in [1.807, 2.05) is 11.1 Å². The minimum Gasteiger partial charge on any atom is -0.465 e. The SMILES string of the molecule is CCOC(=O)C(NCCCNC(=O)[C@@H](NC(=O)OCc1ccccc1)[C@@H](O)C(C)C)C(O)[C@H]1O[C@@H](n2ccc(=O)[nH]c2=O)[C@H](OC(C)=O)[C@@H]1OC(C)=O. The molecule has 292 valence electrons. The number of amides is 2. The van der Waals surface area contributed by atoms with Crippen LogP contribution < -0.4 is 27.2 Å². The molecular weight excluding hydrogens is 702 g/mol. The van der Waals surface area contributed by atoms with Crippen LogP contribution in [0.1, 0.15) is 52.8 Å². The molecule has 2 unspecified atom stereocenters. The average molecular weight is 750 g/mol. The summed E-state index contributed by atoms with van der Waals surface area (Å²) in [4.78, 5) is 89.2. The normalized spacial score (nSPS) is 20.4. The summed E-state index contributed by atoms with van der Waals surface area (Å²) >= 11 is 0. The van der Waals surface area contributed by atoms with E-state index >= 15 is 0 Å². The number of nitrogens with one attached hydrogen (secondary N) is 4. The molecule has 8 atom stereocenters. The first-order chi connectivity index (χ1) is 25.1. The van der Waals surface area contributed by atoms with Crippen molar-refractivity contribution in [2.45, 2.75) is 96.5 Å². The molecule has 0 bridgehead atoms. The Morgan fingerprint density at radius 2 is 1.58 bits per heavy atom. The van der Waals surface area contributed by atoms with E-state index in [1.54, 1.807) is 38.1 Å². The predicted molar refractivity (Wildman–Crippen MR) is 183 cm³/mol. The molecule has 2 heterocycles. The maximum atomic E-state index is 13.1. The van der Waals surface area contributed by atoms with Gasteiger partial charge in [-0.1, -0.05) is 44.2 Å². The molecule has 53 heavy (non-hydrogen) atoms. The van der Waals surface area contributed by atoms with E-state index in [4.69, 9.17) is 23.7 Å². The van der Waals surface area contributed by atoms with Gasteiger partial charge in [0.25, 0.3) is 5.56 Å². The number of hydrogen-bond donors (Lipinski definition) is 6. The van der Waals surface area contributed by atoms with Gasteiger partial charge >= 0.3 is 29.7 Å². The Morgan fingerprint density at radius 1 is 0.925 bits per heavy atom. The summed E-state index contributed by atoms with van der Waals surface area (Å²) < 4.78 is 27.9. The molecular formula is C34H47N5O14. The summed E-state index contributed by atoms with van der Waals surface area (Å²) in [7, 11) is 0. The first-order valence-electron chi connectivity index (χ1n) is 17.0. The Kier molecular flexibility index (Phi) is 16.1. The molecule has 1 aliphatic rings. The first kappa shape index (κ1) is 42.3.